The summed E-state index contributed by atoms with van der Waals surface area (Å²) in [5, 5.41) is 13.9. The highest BCUT2D eigenvalue weighted by Gasteiger charge is 2.15. The maximum Gasteiger partial charge on any atom is 0.303 e. The van der Waals surface area contributed by atoms with Gasteiger partial charge in [0, 0.05) is 37.0 Å². The fourth-order valence-corrected chi connectivity index (χ4v) is 3.92. The minimum absolute atomic E-state index is 0.138. The molecule has 0 unspecified atom stereocenters. The summed E-state index contributed by atoms with van der Waals surface area (Å²) in [5.41, 5.74) is 0.568. The van der Waals surface area contributed by atoms with Crippen LogP contribution in [-0.4, -0.2) is 53.7 Å². The molecule has 1 amide bonds. The Hall–Kier alpha value is -2.86. The average Bonchev–Trinajstić information content (AvgIpc) is 2.77. The van der Waals surface area contributed by atoms with Gasteiger partial charge < -0.3 is 15.2 Å². The molecule has 180 valence electrons. The van der Waals surface area contributed by atoms with Crippen molar-refractivity contribution in [3.63, 3.8) is 0 Å². The van der Waals surface area contributed by atoms with Crippen LogP contribution in [0.4, 0.5) is 0 Å². The topological polar surface area (TPSA) is 78.9 Å². The van der Waals surface area contributed by atoms with Crippen LogP contribution < -0.4 is 10.1 Å². The van der Waals surface area contributed by atoms with Gasteiger partial charge in [0.15, 0.2) is 0 Å². The molecular formula is C27H38N2O4. The standard InChI is InChI=1S/C27H38N2O4/c1-20(2)29(21(3)4)18-17-28-27(32)23(12-6-5-7-16-26(30)31)19-33-25-15-10-13-22-11-8-9-14-24(22)25/h8-15,20-21H,5-7,16-19H2,1-4H3,(H,28,32)(H,30,31)/b23-12+. The van der Waals surface area contributed by atoms with Gasteiger partial charge >= 0.3 is 5.97 Å². The van der Waals surface area contributed by atoms with Crippen LogP contribution in [0.15, 0.2) is 54.1 Å². The van der Waals surface area contributed by atoms with E-state index in [1.54, 1.807) is 0 Å². The van der Waals surface area contributed by atoms with E-state index < -0.39 is 5.97 Å². The molecule has 0 aromatic heterocycles. The lowest BCUT2D eigenvalue weighted by Crippen LogP contribution is -2.43. The minimum atomic E-state index is -0.795. The summed E-state index contributed by atoms with van der Waals surface area (Å²) in [6.45, 7) is 10.1. The summed E-state index contributed by atoms with van der Waals surface area (Å²) in [4.78, 5) is 26.0. The molecule has 0 aliphatic rings. The summed E-state index contributed by atoms with van der Waals surface area (Å²) in [6.07, 6.45) is 3.96. The summed E-state index contributed by atoms with van der Waals surface area (Å²) in [5.74, 6) is -0.194. The molecule has 0 saturated carbocycles. The van der Waals surface area contributed by atoms with Gasteiger partial charge in [-0.3, -0.25) is 14.5 Å². The van der Waals surface area contributed by atoms with E-state index in [9.17, 15) is 9.59 Å². The molecule has 6 heteroatoms. The Labute approximate surface area is 197 Å². The third-order valence-corrected chi connectivity index (χ3v) is 5.64. The Balaban J connectivity index is 2.03. The number of fused-ring (bicyclic) bond motifs is 1. The fourth-order valence-electron chi connectivity index (χ4n) is 3.92. The second kappa shape index (κ2) is 13.6. The number of benzene rings is 2. The first kappa shape index (κ1) is 26.4. The van der Waals surface area contributed by atoms with Crippen LogP contribution in [0, 0.1) is 0 Å². The first-order valence-electron chi connectivity index (χ1n) is 11.8. The quantitative estimate of drug-likeness (QED) is 0.309. The van der Waals surface area contributed by atoms with Crippen molar-refractivity contribution >= 4 is 22.6 Å². The number of hydrogen-bond donors (Lipinski definition) is 2. The highest BCUT2D eigenvalue weighted by Crippen LogP contribution is 2.25. The molecule has 0 fully saturated rings. The van der Waals surface area contributed by atoms with Crippen molar-refractivity contribution in [3.05, 3.63) is 54.1 Å². The smallest absolute Gasteiger partial charge is 0.303 e. The number of hydrogen-bond acceptors (Lipinski definition) is 4. The van der Waals surface area contributed by atoms with Gasteiger partial charge in [-0.25, -0.2) is 0 Å². The molecule has 0 aliphatic heterocycles. The Morgan fingerprint density at radius 2 is 1.73 bits per heavy atom. The fraction of sp³-hybridized carbons (Fsp3) is 0.481. The van der Waals surface area contributed by atoms with Gasteiger partial charge in [0.1, 0.15) is 12.4 Å². The molecule has 0 radical (unpaired) electrons. The van der Waals surface area contributed by atoms with E-state index in [0.29, 0.717) is 43.5 Å². The van der Waals surface area contributed by atoms with E-state index >= 15 is 0 Å². The zero-order valence-corrected chi connectivity index (χ0v) is 20.3. The largest absolute Gasteiger partial charge is 0.488 e. The number of amides is 1. The summed E-state index contributed by atoms with van der Waals surface area (Å²) in [6, 6.07) is 14.7. The number of unbranched alkanes of at least 4 members (excludes halogenated alkanes) is 2. The molecule has 0 spiro atoms. The maximum absolute atomic E-state index is 12.9. The van der Waals surface area contributed by atoms with Crippen LogP contribution in [0.1, 0.15) is 53.4 Å². The minimum Gasteiger partial charge on any atom is -0.488 e. The SMILES string of the molecule is CC(C)N(CCNC(=O)/C(=C/CCCCC(=O)O)COc1cccc2ccccc12)C(C)C. The normalized spacial score (nSPS) is 12.0. The van der Waals surface area contributed by atoms with E-state index in [1.165, 1.54) is 0 Å². The second-order valence-electron chi connectivity index (χ2n) is 8.82. The van der Waals surface area contributed by atoms with Crippen LogP contribution in [-0.2, 0) is 9.59 Å². The average molecular weight is 455 g/mol. The molecular weight excluding hydrogens is 416 g/mol. The lowest BCUT2D eigenvalue weighted by atomic mass is 10.1. The van der Waals surface area contributed by atoms with Crippen LogP contribution in [0.2, 0.25) is 0 Å². The van der Waals surface area contributed by atoms with Crippen molar-refractivity contribution < 1.29 is 19.4 Å². The highest BCUT2D eigenvalue weighted by molar-refractivity contribution is 5.94. The van der Waals surface area contributed by atoms with Crippen LogP contribution >= 0.6 is 0 Å². The predicted molar refractivity (Wildman–Crippen MR) is 134 cm³/mol. The Bertz CT molecular complexity index is 923. The van der Waals surface area contributed by atoms with Crippen LogP contribution in [0.5, 0.6) is 5.75 Å². The summed E-state index contributed by atoms with van der Waals surface area (Å²) in [7, 11) is 0. The number of nitrogens with zero attached hydrogens (tertiary/aromatic N) is 1. The Morgan fingerprint density at radius 3 is 2.42 bits per heavy atom. The zero-order chi connectivity index (χ0) is 24.2. The zero-order valence-electron chi connectivity index (χ0n) is 20.3. The molecule has 6 nitrogen and oxygen atoms in total. The predicted octanol–water partition coefficient (Wildman–Crippen LogP) is 5.03. The van der Waals surface area contributed by atoms with Gasteiger partial charge in [-0.2, -0.15) is 0 Å². The molecule has 2 N–H and O–H groups in total. The molecule has 2 aromatic rings. The third kappa shape index (κ3) is 8.89. The van der Waals surface area contributed by atoms with Gasteiger partial charge in [-0.1, -0.05) is 42.5 Å². The van der Waals surface area contributed by atoms with Gasteiger partial charge in [0.2, 0.25) is 5.91 Å². The van der Waals surface area contributed by atoms with Crippen molar-refractivity contribution in [2.45, 2.75) is 65.5 Å². The van der Waals surface area contributed by atoms with Gasteiger partial charge in [-0.05, 0) is 58.4 Å². The number of allylic oxidation sites excluding steroid dienone is 1. The van der Waals surface area contributed by atoms with E-state index in [4.69, 9.17) is 9.84 Å². The molecule has 0 saturated heterocycles. The number of carbonyl (C=O) groups is 2. The van der Waals surface area contributed by atoms with Crippen molar-refractivity contribution in [3.8, 4) is 5.75 Å². The number of rotatable bonds is 14. The van der Waals surface area contributed by atoms with E-state index in [2.05, 4.69) is 37.9 Å². The van der Waals surface area contributed by atoms with Crippen molar-refractivity contribution in [2.24, 2.45) is 0 Å². The number of carbonyl (C=O) groups excluding carboxylic acids is 1. The van der Waals surface area contributed by atoms with Crippen LogP contribution in [0.3, 0.4) is 0 Å². The number of carboxylic acid groups (broad SMARTS) is 1. The molecule has 2 aromatic carbocycles. The van der Waals surface area contributed by atoms with E-state index in [-0.39, 0.29) is 18.9 Å². The maximum atomic E-state index is 12.9. The van der Waals surface area contributed by atoms with Crippen LogP contribution in [0.25, 0.3) is 10.8 Å². The van der Waals surface area contributed by atoms with E-state index in [0.717, 1.165) is 23.1 Å². The molecule has 0 heterocycles. The first-order valence-corrected chi connectivity index (χ1v) is 11.8. The van der Waals surface area contributed by atoms with Crippen molar-refractivity contribution in [1.82, 2.24) is 10.2 Å². The van der Waals surface area contributed by atoms with Crippen molar-refractivity contribution in [1.29, 1.82) is 0 Å². The van der Waals surface area contributed by atoms with Gasteiger partial charge in [-0.15, -0.1) is 0 Å². The molecule has 0 bridgehead atoms. The third-order valence-electron chi connectivity index (χ3n) is 5.64. The first-order chi connectivity index (χ1) is 15.8. The number of aliphatic carboxylic acids is 1. The monoisotopic (exact) mass is 454 g/mol. The highest BCUT2D eigenvalue weighted by atomic mass is 16.5. The van der Waals surface area contributed by atoms with E-state index in [1.807, 2.05) is 48.5 Å². The molecule has 0 aliphatic carbocycles. The Morgan fingerprint density at radius 1 is 1.03 bits per heavy atom. The lowest BCUT2D eigenvalue weighted by Gasteiger charge is -2.30. The van der Waals surface area contributed by atoms with Crippen molar-refractivity contribution in [2.75, 3.05) is 19.7 Å². The number of carboxylic acids is 1. The summed E-state index contributed by atoms with van der Waals surface area (Å²) < 4.78 is 6.07. The molecule has 33 heavy (non-hydrogen) atoms. The lowest BCUT2D eigenvalue weighted by molar-refractivity contribution is -0.137. The summed E-state index contributed by atoms with van der Waals surface area (Å²) >= 11 is 0. The number of ether oxygens (including phenoxy) is 1. The Kier molecular flexibility index (Phi) is 10.9. The van der Waals surface area contributed by atoms with Gasteiger partial charge in [0.25, 0.3) is 0 Å². The number of nitrogens with one attached hydrogen (secondary N) is 1. The molecule has 0 atom stereocenters. The van der Waals surface area contributed by atoms with Gasteiger partial charge in [0.05, 0.1) is 5.57 Å². The second-order valence-corrected chi connectivity index (χ2v) is 8.82. The molecule has 2 rings (SSSR count).